The number of nitrogens with zero attached hydrogens (tertiary/aromatic N) is 2. The molecule has 4 aliphatic rings. The quantitative estimate of drug-likeness (QED) is 0.120. The molecule has 0 N–H and O–H groups in total. The van der Waals surface area contributed by atoms with Crippen molar-refractivity contribution in [2.45, 2.75) is 90.9 Å². The van der Waals surface area contributed by atoms with Crippen LogP contribution >= 0.6 is 22.7 Å². The molecule has 2 aromatic heterocycles. The van der Waals surface area contributed by atoms with Gasteiger partial charge in [-0.3, -0.25) is 9.59 Å². The minimum atomic E-state index is -0.612. The second kappa shape index (κ2) is 16.0. The summed E-state index contributed by atoms with van der Waals surface area (Å²) in [7, 11) is 0. The predicted molar refractivity (Wildman–Crippen MR) is 218 cm³/mol. The lowest BCUT2D eigenvalue weighted by atomic mass is 9.82. The zero-order valence-corrected chi connectivity index (χ0v) is 33.6. The van der Waals surface area contributed by atoms with E-state index in [4.69, 9.17) is 18.9 Å². The summed E-state index contributed by atoms with van der Waals surface area (Å²) in [5.74, 6) is 2.66. The highest BCUT2D eigenvalue weighted by atomic mass is 32.1. The van der Waals surface area contributed by atoms with E-state index in [0.29, 0.717) is 51.4 Å². The van der Waals surface area contributed by atoms with Crippen molar-refractivity contribution in [1.82, 2.24) is 0 Å². The Balaban J connectivity index is 1.22. The molecule has 0 spiro atoms. The van der Waals surface area contributed by atoms with E-state index < -0.39 is 11.8 Å². The Morgan fingerprint density at radius 1 is 0.630 bits per heavy atom. The molecule has 8 nitrogen and oxygen atoms in total. The number of hydrogen-bond acceptors (Lipinski definition) is 8. The SMILES string of the molecule is CCCCC(CC)CN1C(=O)C(C2C(=O)N(CC(CC)CCCC)c3cc(-c4scc5c4OCCO5)ccc32)c2ccc(-c3scc4c3OCCO4)cc21. The molecule has 4 atom stereocenters. The molecule has 2 aromatic carbocycles. The van der Waals surface area contributed by atoms with Crippen LogP contribution in [0, 0.1) is 11.8 Å². The first-order valence-electron chi connectivity index (χ1n) is 20.1. The van der Waals surface area contributed by atoms with Gasteiger partial charge in [0.2, 0.25) is 11.8 Å². The van der Waals surface area contributed by atoms with Crippen molar-refractivity contribution in [1.29, 1.82) is 0 Å². The molecule has 0 radical (unpaired) electrons. The van der Waals surface area contributed by atoms with E-state index in [-0.39, 0.29) is 11.8 Å². The molecular weight excluding hydrogens is 717 g/mol. The Labute approximate surface area is 327 Å². The normalized spacial score (nSPS) is 19.6. The average Bonchev–Trinajstić information content (AvgIpc) is 3.96. The molecule has 0 saturated heterocycles. The van der Waals surface area contributed by atoms with Gasteiger partial charge in [-0.1, -0.05) is 90.5 Å². The van der Waals surface area contributed by atoms with Gasteiger partial charge in [0.1, 0.15) is 26.4 Å². The minimum absolute atomic E-state index is 0.0241. The molecule has 10 heteroatoms. The molecule has 8 rings (SSSR count). The van der Waals surface area contributed by atoms with Crippen LogP contribution in [0.5, 0.6) is 23.0 Å². The van der Waals surface area contributed by atoms with Gasteiger partial charge in [0.15, 0.2) is 23.0 Å². The van der Waals surface area contributed by atoms with Gasteiger partial charge in [0.05, 0.1) is 21.6 Å². The number of amides is 2. The molecule has 0 fully saturated rings. The number of ether oxygens (including phenoxy) is 4. The summed E-state index contributed by atoms with van der Waals surface area (Å²) in [6.45, 7) is 12.3. The Hall–Kier alpha value is -4.02. The van der Waals surface area contributed by atoms with Crippen LogP contribution < -0.4 is 28.7 Å². The summed E-state index contributed by atoms with van der Waals surface area (Å²) in [5, 5.41) is 4.01. The Morgan fingerprint density at radius 3 is 1.46 bits per heavy atom. The Kier molecular flexibility index (Phi) is 10.9. The zero-order valence-electron chi connectivity index (χ0n) is 32.0. The summed E-state index contributed by atoms with van der Waals surface area (Å²) in [6.07, 6.45) is 8.62. The maximum absolute atomic E-state index is 15.1. The van der Waals surface area contributed by atoms with Crippen molar-refractivity contribution in [3.8, 4) is 43.9 Å². The van der Waals surface area contributed by atoms with E-state index >= 15 is 9.59 Å². The highest BCUT2D eigenvalue weighted by molar-refractivity contribution is 7.14. The Morgan fingerprint density at radius 2 is 1.06 bits per heavy atom. The fourth-order valence-electron chi connectivity index (χ4n) is 8.70. The monoisotopic (exact) mass is 768 g/mol. The number of carbonyl (C=O) groups is 2. The van der Waals surface area contributed by atoms with Crippen LogP contribution in [0.2, 0.25) is 0 Å². The van der Waals surface area contributed by atoms with E-state index in [1.807, 2.05) is 20.6 Å². The highest BCUT2D eigenvalue weighted by Crippen LogP contribution is 2.55. The largest absolute Gasteiger partial charge is 0.485 e. The van der Waals surface area contributed by atoms with Crippen LogP contribution in [-0.2, 0) is 9.59 Å². The van der Waals surface area contributed by atoms with Gasteiger partial charge in [-0.05, 0) is 59.1 Å². The lowest BCUT2D eigenvalue weighted by Gasteiger charge is -2.26. The van der Waals surface area contributed by atoms with Crippen LogP contribution in [0.1, 0.15) is 102 Å². The van der Waals surface area contributed by atoms with Crippen molar-refractivity contribution in [3.63, 3.8) is 0 Å². The predicted octanol–water partition coefficient (Wildman–Crippen LogP) is 10.7. The maximum atomic E-state index is 15.1. The number of hydrogen-bond donors (Lipinski definition) is 0. The third-order valence-electron chi connectivity index (χ3n) is 11.8. The van der Waals surface area contributed by atoms with Gasteiger partial charge >= 0.3 is 0 Å². The number of benzene rings is 2. The fraction of sp³-hybridized carbons (Fsp3) is 0.500. The zero-order chi connectivity index (χ0) is 37.3. The van der Waals surface area contributed by atoms with E-state index in [2.05, 4.69) is 64.1 Å². The third kappa shape index (κ3) is 6.67. The maximum Gasteiger partial charge on any atom is 0.235 e. The first-order chi connectivity index (χ1) is 26.4. The first kappa shape index (κ1) is 36.9. The summed E-state index contributed by atoms with van der Waals surface area (Å²) in [5.41, 5.74) is 5.70. The summed E-state index contributed by atoms with van der Waals surface area (Å²) < 4.78 is 23.9. The molecule has 6 heterocycles. The molecule has 2 amide bonds. The van der Waals surface area contributed by atoms with Gasteiger partial charge in [-0.2, -0.15) is 0 Å². The van der Waals surface area contributed by atoms with E-state index in [1.165, 1.54) is 0 Å². The third-order valence-corrected chi connectivity index (χ3v) is 13.8. The van der Waals surface area contributed by atoms with E-state index in [9.17, 15) is 0 Å². The average molecular weight is 769 g/mol. The number of anilines is 2. The molecule has 0 aliphatic carbocycles. The van der Waals surface area contributed by atoms with Crippen molar-refractivity contribution < 1.29 is 28.5 Å². The van der Waals surface area contributed by atoms with Gasteiger partial charge in [0.25, 0.3) is 0 Å². The lowest BCUT2D eigenvalue weighted by Crippen LogP contribution is -2.38. The van der Waals surface area contributed by atoms with Crippen LogP contribution in [0.4, 0.5) is 11.4 Å². The molecule has 0 saturated carbocycles. The van der Waals surface area contributed by atoms with Gasteiger partial charge < -0.3 is 28.7 Å². The van der Waals surface area contributed by atoms with Gasteiger partial charge in [0, 0.05) is 35.2 Å². The van der Waals surface area contributed by atoms with Crippen LogP contribution in [0.25, 0.3) is 20.9 Å². The summed E-state index contributed by atoms with van der Waals surface area (Å²) in [6, 6.07) is 12.7. The second-order valence-corrected chi connectivity index (χ2v) is 16.9. The molecular formula is C44H52N2O6S2. The Bertz CT molecular complexity index is 1860. The van der Waals surface area contributed by atoms with Crippen molar-refractivity contribution >= 4 is 45.9 Å². The topological polar surface area (TPSA) is 77.5 Å². The van der Waals surface area contributed by atoms with E-state index in [1.54, 1.807) is 22.7 Å². The minimum Gasteiger partial charge on any atom is -0.485 e. The van der Waals surface area contributed by atoms with Crippen molar-refractivity contribution in [3.05, 3.63) is 58.3 Å². The lowest BCUT2D eigenvalue weighted by molar-refractivity contribution is -0.125. The number of rotatable bonds is 15. The van der Waals surface area contributed by atoms with E-state index in [0.717, 1.165) is 118 Å². The van der Waals surface area contributed by atoms with Crippen molar-refractivity contribution in [2.75, 3.05) is 49.3 Å². The van der Waals surface area contributed by atoms with Crippen molar-refractivity contribution in [2.24, 2.45) is 11.8 Å². The second-order valence-electron chi connectivity index (χ2n) is 15.1. The van der Waals surface area contributed by atoms with Gasteiger partial charge in [-0.15, -0.1) is 22.7 Å². The first-order valence-corrected chi connectivity index (χ1v) is 21.9. The molecule has 54 heavy (non-hydrogen) atoms. The fourth-order valence-corrected chi connectivity index (χ4v) is 10.6. The molecule has 4 aromatic rings. The van der Waals surface area contributed by atoms with Crippen LogP contribution in [0.3, 0.4) is 0 Å². The number of thiophene rings is 2. The standard InChI is InChI=1S/C44H52N2O6S2/c1-5-9-11-27(7-3)23-45-33-21-29(41-39-35(25-53-41)49-17-19-51-39)13-15-31(33)37(43(45)47)38-32-16-14-30(42-40-36(26-54-42)50-18-20-52-40)22-34(32)46(44(38)48)24-28(8-4)12-10-6-2/h13-16,21-22,25-28,37-38H,5-12,17-20,23-24H2,1-4H3. The van der Waals surface area contributed by atoms with Crippen LogP contribution in [0.15, 0.2) is 47.2 Å². The number of unbranched alkanes of at least 4 members (excludes halogenated alkanes) is 2. The smallest absolute Gasteiger partial charge is 0.235 e. The number of carbonyl (C=O) groups excluding carboxylic acids is 2. The molecule has 4 unspecified atom stereocenters. The summed E-state index contributed by atoms with van der Waals surface area (Å²) in [4.78, 5) is 36.2. The molecule has 286 valence electrons. The molecule has 4 aliphatic heterocycles. The summed E-state index contributed by atoms with van der Waals surface area (Å²) >= 11 is 3.21. The van der Waals surface area contributed by atoms with Gasteiger partial charge in [-0.25, -0.2) is 0 Å². The number of fused-ring (bicyclic) bond motifs is 4. The van der Waals surface area contributed by atoms with Crippen LogP contribution in [-0.4, -0.2) is 51.3 Å². The highest BCUT2D eigenvalue weighted by Gasteiger charge is 2.51. The molecule has 0 bridgehead atoms.